The van der Waals surface area contributed by atoms with Crippen LogP contribution in [0.3, 0.4) is 0 Å². The van der Waals surface area contributed by atoms with E-state index in [2.05, 4.69) is 9.97 Å². The lowest BCUT2D eigenvalue weighted by atomic mass is 10.0. The first-order valence-corrected chi connectivity index (χ1v) is 10.3. The van der Waals surface area contributed by atoms with E-state index in [4.69, 9.17) is 16.2 Å². The van der Waals surface area contributed by atoms with Crippen LogP contribution in [0.1, 0.15) is 23.6 Å². The van der Waals surface area contributed by atoms with E-state index in [0.29, 0.717) is 5.56 Å². The van der Waals surface area contributed by atoms with Crippen molar-refractivity contribution in [3.63, 3.8) is 0 Å². The lowest BCUT2D eigenvalue weighted by Gasteiger charge is -2.32. The van der Waals surface area contributed by atoms with Crippen LogP contribution >= 0.6 is 0 Å². The molecular weight excluding hydrogens is 465 g/mol. The maximum atomic E-state index is 13.5. The predicted octanol–water partition coefficient (Wildman–Crippen LogP) is 3.29. The van der Waals surface area contributed by atoms with Gasteiger partial charge in [0.2, 0.25) is 17.7 Å². The Labute approximate surface area is 198 Å². The number of rotatable bonds is 8. The van der Waals surface area contributed by atoms with Crippen LogP contribution in [-0.2, 0) is 17.4 Å². The fraction of sp³-hybridized carbons (Fsp3) is 0.217. The van der Waals surface area contributed by atoms with E-state index in [-0.39, 0.29) is 47.7 Å². The molecule has 2 aromatic carbocycles. The van der Waals surface area contributed by atoms with Crippen molar-refractivity contribution in [1.29, 1.82) is 5.26 Å². The summed E-state index contributed by atoms with van der Waals surface area (Å²) in [6, 6.07) is 10.6. The Kier molecular flexibility index (Phi) is 7.29. The third kappa shape index (κ3) is 5.70. The molecule has 1 amide bonds. The number of benzene rings is 2. The zero-order valence-electron chi connectivity index (χ0n) is 18.5. The molecule has 12 heteroatoms. The van der Waals surface area contributed by atoms with Gasteiger partial charge in [0.15, 0.2) is 11.4 Å². The summed E-state index contributed by atoms with van der Waals surface area (Å²) in [6.45, 7) is 1.75. The Morgan fingerprint density at radius 2 is 1.91 bits per heavy atom. The highest BCUT2D eigenvalue weighted by molar-refractivity contribution is 5.88. The van der Waals surface area contributed by atoms with Gasteiger partial charge in [0.05, 0.1) is 12.2 Å². The first kappa shape index (κ1) is 25.1. The van der Waals surface area contributed by atoms with E-state index in [0.717, 1.165) is 23.1 Å². The van der Waals surface area contributed by atoms with Crippen LogP contribution in [0.15, 0.2) is 48.5 Å². The Bertz CT molecular complexity index is 1260. The van der Waals surface area contributed by atoms with Gasteiger partial charge in [-0.3, -0.25) is 4.79 Å². The van der Waals surface area contributed by atoms with E-state index >= 15 is 0 Å². The van der Waals surface area contributed by atoms with Crippen molar-refractivity contribution in [3.8, 4) is 17.7 Å². The number of amides is 1. The number of nitriles is 1. The lowest BCUT2D eigenvalue weighted by molar-refractivity contribution is -0.137. The highest BCUT2D eigenvalue weighted by Gasteiger charge is 2.35. The zero-order valence-corrected chi connectivity index (χ0v) is 18.5. The number of carbonyl (C=O) groups excluding carboxylic acids is 1. The van der Waals surface area contributed by atoms with Crippen LogP contribution in [0.5, 0.6) is 11.6 Å². The van der Waals surface area contributed by atoms with Crippen LogP contribution in [0.4, 0.5) is 30.6 Å². The molecule has 0 saturated heterocycles. The second-order valence-corrected chi connectivity index (χ2v) is 7.34. The molecule has 35 heavy (non-hydrogen) atoms. The van der Waals surface area contributed by atoms with Crippen molar-refractivity contribution in [2.75, 3.05) is 17.2 Å². The highest BCUT2D eigenvalue weighted by atomic mass is 19.4. The second kappa shape index (κ2) is 10.2. The molecule has 0 spiro atoms. The third-order valence-electron chi connectivity index (χ3n) is 4.95. The second-order valence-electron chi connectivity index (χ2n) is 7.34. The number of phenolic OH excluding ortho intramolecular Hbond substituents is 1. The van der Waals surface area contributed by atoms with Gasteiger partial charge >= 0.3 is 6.18 Å². The number of hydrogen-bond donors (Lipinski definition) is 3. The summed E-state index contributed by atoms with van der Waals surface area (Å²) in [5, 5.41) is 19.4. The number of aromatic nitrogens is 2. The van der Waals surface area contributed by atoms with Gasteiger partial charge in [0, 0.05) is 12.1 Å². The number of primary amides is 1. The lowest BCUT2D eigenvalue weighted by Crippen LogP contribution is -2.44. The first-order valence-electron chi connectivity index (χ1n) is 10.3. The number of alkyl halides is 3. The number of hydrogen-bond acceptors (Lipinski definition) is 8. The SMILES string of the molecule is CCOc1nc(N)nc(N(c2cccc(C(F)(F)F)c2)[C@@H](Cc2ccc(O)cc2)C(N)=O)c1C#N. The number of aromatic hydroxyl groups is 1. The molecule has 0 aliphatic heterocycles. The topological polar surface area (TPSA) is 151 Å². The van der Waals surface area contributed by atoms with Crippen molar-refractivity contribution in [1.82, 2.24) is 9.97 Å². The molecule has 0 radical (unpaired) electrons. The monoisotopic (exact) mass is 486 g/mol. The summed E-state index contributed by atoms with van der Waals surface area (Å²) in [4.78, 5) is 21.7. The summed E-state index contributed by atoms with van der Waals surface area (Å²) in [5.41, 5.74) is 10.7. The van der Waals surface area contributed by atoms with E-state index in [9.17, 15) is 28.3 Å². The number of ether oxygens (including phenoxy) is 1. The number of nitrogens with two attached hydrogens (primary N) is 2. The molecule has 0 aliphatic carbocycles. The van der Waals surface area contributed by atoms with Crippen LogP contribution in [0, 0.1) is 11.3 Å². The fourth-order valence-corrected chi connectivity index (χ4v) is 3.41. The average molecular weight is 486 g/mol. The fourth-order valence-electron chi connectivity index (χ4n) is 3.41. The van der Waals surface area contributed by atoms with E-state index in [1.807, 2.05) is 6.07 Å². The summed E-state index contributed by atoms with van der Waals surface area (Å²) in [7, 11) is 0. The highest BCUT2D eigenvalue weighted by Crippen LogP contribution is 2.37. The van der Waals surface area contributed by atoms with Crippen molar-refractivity contribution in [2.24, 2.45) is 5.73 Å². The molecule has 1 atom stereocenters. The average Bonchev–Trinajstić information content (AvgIpc) is 2.79. The van der Waals surface area contributed by atoms with Gasteiger partial charge in [0.1, 0.15) is 17.9 Å². The Morgan fingerprint density at radius 3 is 2.49 bits per heavy atom. The van der Waals surface area contributed by atoms with E-state index < -0.39 is 23.7 Å². The molecule has 3 aromatic rings. The number of halogens is 3. The van der Waals surface area contributed by atoms with Crippen molar-refractivity contribution in [3.05, 3.63) is 65.2 Å². The minimum atomic E-state index is -4.68. The van der Waals surface area contributed by atoms with Crippen LogP contribution in [0.25, 0.3) is 0 Å². The molecule has 5 N–H and O–H groups in total. The number of nitrogen functional groups attached to an aromatic ring is 1. The smallest absolute Gasteiger partial charge is 0.416 e. The van der Waals surface area contributed by atoms with Crippen LogP contribution in [-0.4, -0.2) is 33.6 Å². The molecule has 1 aromatic heterocycles. The molecule has 1 heterocycles. The maximum absolute atomic E-state index is 13.5. The number of nitrogens with zero attached hydrogens (tertiary/aromatic N) is 4. The molecule has 0 bridgehead atoms. The quantitative estimate of drug-likeness (QED) is 0.439. The molecule has 3 rings (SSSR count). The normalized spacial score (nSPS) is 12.0. The summed E-state index contributed by atoms with van der Waals surface area (Å²) < 4.78 is 45.9. The molecule has 0 unspecified atom stereocenters. The summed E-state index contributed by atoms with van der Waals surface area (Å²) >= 11 is 0. The van der Waals surface area contributed by atoms with E-state index in [1.165, 1.54) is 30.3 Å². The van der Waals surface area contributed by atoms with Crippen LogP contribution < -0.4 is 21.1 Å². The Balaban J connectivity index is 2.28. The van der Waals surface area contributed by atoms with Gasteiger partial charge in [-0.2, -0.15) is 28.4 Å². The van der Waals surface area contributed by atoms with Gasteiger partial charge < -0.3 is 26.2 Å². The van der Waals surface area contributed by atoms with Gasteiger partial charge in [-0.25, -0.2) is 0 Å². The molecule has 0 saturated carbocycles. The molecular formula is C23H21F3N6O3. The van der Waals surface area contributed by atoms with Gasteiger partial charge in [-0.1, -0.05) is 18.2 Å². The predicted molar refractivity (Wildman–Crippen MR) is 121 cm³/mol. The van der Waals surface area contributed by atoms with Crippen molar-refractivity contribution < 1.29 is 27.8 Å². The number of carbonyl (C=O) groups is 1. The molecule has 9 nitrogen and oxygen atoms in total. The largest absolute Gasteiger partial charge is 0.508 e. The minimum absolute atomic E-state index is 0.0178. The van der Waals surface area contributed by atoms with Gasteiger partial charge in [-0.05, 0) is 42.8 Å². The van der Waals surface area contributed by atoms with Gasteiger partial charge in [-0.15, -0.1) is 0 Å². The third-order valence-corrected chi connectivity index (χ3v) is 4.95. The number of anilines is 3. The molecule has 0 aliphatic rings. The maximum Gasteiger partial charge on any atom is 0.416 e. The standard InChI is InChI=1S/C23H21F3N6O3/c1-2-35-21-17(12-27)20(30-22(29)31-21)32(15-5-3-4-14(11-15)23(24,25)26)18(19(28)34)10-13-6-8-16(33)9-7-13/h3-9,11,18,33H,2,10H2,1H3,(H2,28,34)(H2,29,30,31)/t18-/m0/s1. The van der Waals surface area contributed by atoms with Gasteiger partial charge in [0.25, 0.3) is 0 Å². The van der Waals surface area contributed by atoms with Crippen LogP contribution in [0.2, 0.25) is 0 Å². The minimum Gasteiger partial charge on any atom is -0.508 e. The summed E-state index contributed by atoms with van der Waals surface area (Å²) in [5.74, 6) is -1.69. The Morgan fingerprint density at radius 1 is 1.23 bits per heavy atom. The van der Waals surface area contributed by atoms with Crippen molar-refractivity contribution in [2.45, 2.75) is 25.6 Å². The Hall–Kier alpha value is -4.53. The molecule has 0 fully saturated rings. The first-order chi connectivity index (χ1) is 16.5. The zero-order chi connectivity index (χ0) is 25.8. The molecule has 182 valence electrons. The van der Waals surface area contributed by atoms with E-state index in [1.54, 1.807) is 6.92 Å². The van der Waals surface area contributed by atoms with Crippen molar-refractivity contribution >= 4 is 23.4 Å². The number of phenols is 1. The summed E-state index contributed by atoms with van der Waals surface area (Å²) in [6.07, 6.45) is -4.77.